The zero-order chi connectivity index (χ0) is 9.30. The second kappa shape index (κ2) is 3.52. The lowest BCUT2D eigenvalue weighted by Crippen LogP contribution is -1.89. The van der Waals surface area contributed by atoms with Gasteiger partial charge in [-0.1, -0.05) is 23.2 Å². The number of phenols is 1. The number of phenolic OH excluding ortho intramolecular Hbond substituents is 1. The molecule has 1 rings (SSSR count). The van der Waals surface area contributed by atoms with Crippen molar-refractivity contribution in [1.82, 2.24) is 0 Å². The van der Waals surface area contributed by atoms with Crippen LogP contribution in [0.4, 0.5) is 0 Å². The van der Waals surface area contributed by atoms with Gasteiger partial charge in [0, 0.05) is 6.07 Å². The van der Waals surface area contributed by atoms with Crippen molar-refractivity contribution in [2.24, 2.45) is 0 Å². The Morgan fingerprint density at radius 3 is 2.33 bits per heavy atom. The number of aromatic hydroxyl groups is 1. The molecule has 0 spiro atoms. The van der Waals surface area contributed by atoms with Gasteiger partial charge in [0.15, 0.2) is 0 Å². The molecule has 1 aromatic rings. The molecule has 64 valence electrons. The first kappa shape index (κ1) is 9.65. The Balaban J connectivity index is 3.33. The number of carbonyl (C=O) groups excluding carboxylic acids is 1. The SMILES string of the molecule is O=C(Cl)c1cc(Cl)c(O)cc1Cl. The van der Waals surface area contributed by atoms with Crippen molar-refractivity contribution in [2.75, 3.05) is 0 Å². The Morgan fingerprint density at radius 2 is 1.83 bits per heavy atom. The molecule has 1 aromatic carbocycles. The first-order valence-electron chi connectivity index (χ1n) is 2.90. The maximum Gasteiger partial charge on any atom is 0.253 e. The van der Waals surface area contributed by atoms with E-state index in [0.717, 1.165) is 0 Å². The normalized spacial score (nSPS) is 9.92. The summed E-state index contributed by atoms with van der Waals surface area (Å²) in [6, 6.07) is 2.38. The molecule has 0 atom stereocenters. The molecule has 0 radical (unpaired) electrons. The summed E-state index contributed by atoms with van der Waals surface area (Å²) in [6.45, 7) is 0. The fraction of sp³-hybridized carbons (Fsp3) is 0. The topological polar surface area (TPSA) is 37.3 Å². The van der Waals surface area contributed by atoms with Gasteiger partial charge >= 0.3 is 0 Å². The van der Waals surface area contributed by atoms with Crippen LogP contribution in [-0.2, 0) is 0 Å². The molecule has 0 saturated heterocycles. The van der Waals surface area contributed by atoms with Gasteiger partial charge in [-0.15, -0.1) is 0 Å². The second-order valence-corrected chi connectivity index (χ2v) is 3.21. The molecule has 0 aromatic heterocycles. The maximum absolute atomic E-state index is 10.7. The van der Waals surface area contributed by atoms with Crippen LogP contribution in [0.5, 0.6) is 5.75 Å². The van der Waals surface area contributed by atoms with E-state index in [1.54, 1.807) is 0 Å². The molecule has 2 nitrogen and oxygen atoms in total. The van der Waals surface area contributed by atoms with Crippen LogP contribution < -0.4 is 0 Å². The van der Waals surface area contributed by atoms with E-state index in [2.05, 4.69) is 0 Å². The number of hydrogen-bond acceptors (Lipinski definition) is 2. The largest absolute Gasteiger partial charge is 0.506 e. The van der Waals surface area contributed by atoms with E-state index in [0.29, 0.717) is 0 Å². The van der Waals surface area contributed by atoms with Crippen LogP contribution in [0.15, 0.2) is 12.1 Å². The molecule has 0 amide bonds. The van der Waals surface area contributed by atoms with Crippen LogP contribution >= 0.6 is 34.8 Å². The molecule has 12 heavy (non-hydrogen) atoms. The van der Waals surface area contributed by atoms with E-state index in [1.165, 1.54) is 12.1 Å². The van der Waals surface area contributed by atoms with Gasteiger partial charge in [0.1, 0.15) is 5.75 Å². The zero-order valence-electron chi connectivity index (χ0n) is 5.64. The highest BCUT2D eigenvalue weighted by atomic mass is 35.5. The third-order valence-electron chi connectivity index (χ3n) is 1.25. The Hall–Kier alpha value is -0.440. The van der Waals surface area contributed by atoms with E-state index in [9.17, 15) is 4.79 Å². The number of benzene rings is 1. The molecule has 0 unspecified atom stereocenters. The fourth-order valence-corrected chi connectivity index (χ4v) is 1.30. The monoisotopic (exact) mass is 224 g/mol. The van der Waals surface area contributed by atoms with Gasteiger partial charge < -0.3 is 5.11 Å². The molecule has 0 aliphatic heterocycles. The van der Waals surface area contributed by atoms with Crippen LogP contribution in [0.1, 0.15) is 10.4 Å². The summed E-state index contributed by atoms with van der Waals surface area (Å²) in [5.41, 5.74) is 0.0844. The van der Waals surface area contributed by atoms with Crippen molar-refractivity contribution in [3.63, 3.8) is 0 Å². The van der Waals surface area contributed by atoms with Gasteiger partial charge in [-0.3, -0.25) is 4.79 Å². The van der Waals surface area contributed by atoms with Crippen molar-refractivity contribution in [3.05, 3.63) is 27.7 Å². The van der Waals surface area contributed by atoms with Gasteiger partial charge in [-0.25, -0.2) is 0 Å². The Labute approximate surface area is 83.7 Å². The molecular formula is C7H3Cl3O2. The number of halogens is 3. The van der Waals surface area contributed by atoms with Crippen molar-refractivity contribution in [2.45, 2.75) is 0 Å². The van der Waals surface area contributed by atoms with Gasteiger partial charge in [0.05, 0.1) is 15.6 Å². The standard InChI is InChI=1S/C7H3Cl3O2/c8-4-2-6(11)5(9)1-3(4)7(10)12/h1-2,11H. The lowest BCUT2D eigenvalue weighted by molar-refractivity contribution is 0.108. The smallest absolute Gasteiger partial charge is 0.253 e. The average molecular weight is 225 g/mol. The summed E-state index contributed by atoms with van der Waals surface area (Å²) in [6.07, 6.45) is 0. The molecular weight excluding hydrogens is 222 g/mol. The van der Waals surface area contributed by atoms with Gasteiger partial charge in [0.2, 0.25) is 0 Å². The third-order valence-corrected chi connectivity index (χ3v) is 2.07. The van der Waals surface area contributed by atoms with Crippen molar-refractivity contribution in [1.29, 1.82) is 0 Å². The van der Waals surface area contributed by atoms with E-state index in [1.807, 2.05) is 0 Å². The molecule has 5 heteroatoms. The highest BCUT2D eigenvalue weighted by Gasteiger charge is 2.10. The lowest BCUT2D eigenvalue weighted by Gasteiger charge is -2.00. The first-order chi connectivity index (χ1) is 5.52. The van der Waals surface area contributed by atoms with Gasteiger partial charge in [0.25, 0.3) is 5.24 Å². The summed E-state index contributed by atoms with van der Waals surface area (Å²) < 4.78 is 0. The molecule has 0 bridgehead atoms. The summed E-state index contributed by atoms with van der Waals surface area (Å²) in [5.74, 6) is -0.177. The minimum atomic E-state index is -0.707. The van der Waals surface area contributed by atoms with Gasteiger partial charge in [-0.05, 0) is 17.7 Å². The average Bonchev–Trinajstić information content (AvgIpc) is 1.96. The minimum Gasteiger partial charge on any atom is -0.506 e. The summed E-state index contributed by atoms with van der Waals surface area (Å²) in [5, 5.41) is 8.45. The van der Waals surface area contributed by atoms with Crippen molar-refractivity contribution < 1.29 is 9.90 Å². The molecule has 0 aliphatic rings. The Kier molecular flexibility index (Phi) is 2.83. The second-order valence-electron chi connectivity index (χ2n) is 2.06. The van der Waals surface area contributed by atoms with E-state index in [4.69, 9.17) is 39.9 Å². The van der Waals surface area contributed by atoms with Crippen LogP contribution in [0.25, 0.3) is 0 Å². The maximum atomic E-state index is 10.7. The Morgan fingerprint density at radius 1 is 1.25 bits per heavy atom. The van der Waals surface area contributed by atoms with Crippen molar-refractivity contribution in [3.8, 4) is 5.75 Å². The number of rotatable bonds is 1. The van der Waals surface area contributed by atoms with Crippen molar-refractivity contribution >= 4 is 40.0 Å². The quantitative estimate of drug-likeness (QED) is 0.746. The summed E-state index contributed by atoms with van der Waals surface area (Å²) in [7, 11) is 0. The van der Waals surface area contributed by atoms with Crippen LogP contribution in [0.3, 0.4) is 0 Å². The fourth-order valence-electron chi connectivity index (χ4n) is 0.687. The molecule has 0 heterocycles. The number of carbonyl (C=O) groups is 1. The lowest BCUT2D eigenvalue weighted by atomic mass is 10.2. The predicted molar refractivity (Wildman–Crippen MR) is 48.3 cm³/mol. The molecule has 0 aliphatic carbocycles. The molecule has 1 N–H and O–H groups in total. The summed E-state index contributed by atoms with van der Waals surface area (Å²) >= 11 is 16.3. The number of hydrogen-bond donors (Lipinski definition) is 1. The highest BCUT2D eigenvalue weighted by molar-refractivity contribution is 6.68. The molecule has 0 fully saturated rings. The minimum absolute atomic E-state index is 0.0448. The summed E-state index contributed by atoms with van der Waals surface area (Å²) in [4.78, 5) is 10.7. The van der Waals surface area contributed by atoms with E-state index >= 15 is 0 Å². The zero-order valence-corrected chi connectivity index (χ0v) is 7.91. The third kappa shape index (κ3) is 1.83. The van der Waals surface area contributed by atoms with Crippen LogP contribution in [0.2, 0.25) is 10.0 Å². The van der Waals surface area contributed by atoms with E-state index in [-0.39, 0.29) is 21.4 Å². The van der Waals surface area contributed by atoms with Gasteiger partial charge in [-0.2, -0.15) is 0 Å². The van der Waals surface area contributed by atoms with Crippen LogP contribution in [0, 0.1) is 0 Å². The predicted octanol–water partition coefficient (Wildman–Crippen LogP) is 3.08. The first-order valence-corrected chi connectivity index (χ1v) is 4.03. The van der Waals surface area contributed by atoms with Crippen LogP contribution in [-0.4, -0.2) is 10.3 Å². The Bertz CT molecular complexity index is 336. The molecule has 0 saturated carbocycles. The highest BCUT2D eigenvalue weighted by Crippen LogP contribution is 2.30. The van der Waals surface area contributed by atoms with E-state index < -0.39 is 5.24 Å².